The molecule has 1 saturated carbocycles. The van der Waals surface area contributed by atoms with Crippen molar-refractivity contribution in [2.45, 2.75) is 43.9 Å². The van der Waals surface area contributed by atoms with E-state index in [0.29, 0.717) is 17.8 Å². The van der Waals surface area contributed by atoms with E-state index in [1.165, 1.54) is 19.3 Å². The lowest BCUT2D eigenvalue weighted by Crippen LogP contribution is -2.47. The summed E-state index contributed by atoms with van der Waals surface area (Å²) in [6.07, 6.45) is 7.04. The van der Waals surface area contributed by atoms with Gasteiger partial charge in [0.15, 0.2) is 0 Å². The van der Waals surface area contributed by atoms with E-state index in [2.05, 4.69) is 16.9 Å². The SMILES string of the molecule is CCNC(=O)NC1CCCCC1SC. The first-order chi connectivity index (χ1) is 6.77. The Morgan fingerprint density at radius 2 is 2.14 bits per heavy atom. The Hall–Kier alpha value is -0.380. The Bertz CT molecular complexity index is 187. The summed E-state index contributed by atoms with van der Waals surface area (Å²) in [7, 11) is 0. The van der Waals surface area contributed by atoms with Gasteiger partial charge in [0.05, 0.1) is 0 Å². The Kier molecular flexibility index (Phi) is 5.15. The van der Waals surface area contributed by atoms with Crippen LogP contribution in [0.4, 0.5) is 4.79 Å². The van der Waals surface area contributed by atoms with E-state index in [-0.39, 0.29) is 6.03 Å². The van der Waals surface area contributed by atoms with Gasteiger partial charge >= 0.3 is 6.03 Å². The minimum absolute atomic E-state index is 0.0153. The topological polar surface area (TPSA) is 41.1 Å². The van der Waals surface area contributed by atoms with E-state index in [1.807, 2.05) is 18.7 Å². The first kappa shape index (κ1) is 11.7. The number of hydrogen-bond donors (Lipinski definition) is 2. The fourth-order valence-corrected chi connectivity index (χ4v) is 2.86. The van der Waals surface area contributed by atoms with Crippen LogP contribution in [-0.4, -0.2) is 30.1 Å². The first-order valence-corrected chi connectivity index (χ1v) is 6.64. The first-order valence-electron chi connectivity index (χ1n) is 5.35. The van der Waals surface area contributed by atoms with Crippen LogP contribution in [0.2, 0.25) is 0 Å². The quantitative estimate of drug-likeness (QED) is 0.757. The van der Waals surface area contributed by atoms with Crippen molar-refractivity contribution in [3.63, 3.8) is 0 Å². The Morgan fingerprint density at radius 1 is 1.43 bits per heavy atom. The molecule has 0 radical (unpaired) electrons. The molecule has 0 aromatic carbocycles. The minimum atomic E-state index is -0.0153. The van der Waals surface area contributed by atoms with E-state index in [0.717, 1.165) is 6.42 Å². The van der Waals surface area contributed by atoms with E-state index in [9.17, 15) is 4.79 Å². The van der Waals surface area contributed by atoms with Crippen molar-refractivity contribution in [3.8, 4) is 0 Å². The van der Waals surface area contributed by atoms with Gasteiger partial charge in [-0.3, -0.25) is 0 Å². The van der Waals surface area contributed by atoms with Crippen LogP contribution < -0.4 is 10.6 Å². The standard InChI is InChI=1S/C10H20N2OS/c1-3-11-10(13)12-8-6-4-5-7-9(8)14-2/h8-9H,3-7H2,1-2H3,(H2,11,12,13). The Labute approximate surface area is 90.4 Å². The molecule has 2 atom stereocenters. The summed E-state index contributed by atoms with van der Waals surface area (Å²) in [5, 5.41) is 6.43. The second-order valence-corrected chi connectivity index (χ2v) is 4.75. The zero-order chi connectivity index (χ0) is 10.4. The Balaban J connectivity index is 2.36. The third-order valence-electron chi connectivity index (χ3n) is 2.66. The highest BCUT2D eigenvalue weighted by Gasteiger charge is 2.25. The van der Waals surface area contributed by atoms with Crippen molar-refractivity contribution in [1.29, 1.82) is 0 Å². The molecule has 1 rings (SSSR count). The molecule has 0 saturated heterocycles. The molecule has 3 nitrogen and oxygen atoms in total. The van der Waals surface area contributed by atoms with Crippen LogP contribution in [0.3, 0.4) is 0 Å². The molecule has 1 aliphatic carbocycles. The highest BCUT2D eigenvalue weighted by Crippen LogP contribution is 2.26. The van der Waals surface area contributed by atoms with E-state index >= 15 is 0 Å². The zero-order valence-corrected chi connectivity index (χ0v) is 9.82. The van der Waals surface area contributed by atoms with E-state index in [4.69, 9.17) is 0 Å². The lowest BCUT2D eigenvalue weighted by molar-refractivity contribution is 0.234. The molecule has 0 bridgehead atoms. The second kappa shape index (κ2) is 6.17. The van der Waals surface area contributed by atoms with Gasteiger partial charge in [0.2, 0.25) is 0 Å². The Morgan fingerprint density at radius 3 is 2.79 bits per heavy atom. The van der Waals surface area contributed by atoms with Gasteiger partial charge in [0, 0.05) is 17.8 Å². The fraction of sp³-hybridized carbons (Fsp3) is 0.900. The molecule has 2 amide bonds. The van der Waals surface area contributed by atoms with Crippen molar-refractivity contribution >= 4 is 17.8 Å². The van der Waals surface area contributed by atoms with Crippen molar-refractivity contribution in [2.24, 2.45) is 0 Å². The zero-order valence-electron chi connectivity index (χ0n) is 9.01. The van der Waals surface area contributed by atoms with E-state index < -0.39 is 0 Å². The van der Waals surface area contributed by atoms with Crippen LogP contribution in [0.15, 0.2) is 0 Å². The summed E-state index contributed by atoms with van der Waals surface area (Å²) in [5.74, 6) is 0. The molecule has 0 spiro atoms. The predicted octanol–water partition coefficient (Wildman–Crippen LogP) is 1.98. The number of urea groups is 1. The smallest absolute Gasteiger partial charge is 0.315 e. The normalized spacial score (nSPS) is 27.0. The number of amides is 2. The number of nitrogens with one attached hydrogen (secondary N) is 2. The number of thioether (sulfide) groups is 1. The summed E-state index contributed by atoms with van der Waals surface area (Å²) in [5.41, 5.74) is 0. The second-order valence-electron chi connectivity index (χ2n) is 3.67. The molecular formula is C10H20N2OS. The van der Waals surface area contributed by atoms with Crippen LogP contribution in [0.1, 0.15) is 32.6 Å². The molecule has 82 valence electrons. The van der Waals surface area contributed by atoms with Crippen molar-refractivity contribution in [3.05, 3.63) is 0 Å². The summed E-state index contributed by atoms with van der Waals surface area (Å²) < 4.78 is 0. The maximum atomic E-state index is 11.3. The molecule has 14 heavy (non-hydrogen) atoms. The predicted molar refractivity (Wildman–Crippen MR) is 61.8 cm³/mol. The summed E-state index contributed by atoms with van der Waals surface area (Å²) in [6, 6.07) is 0.351. The highest BCUT2D eigenvalue weighted by atomic mass is 32.2. The molecule has 4 heteroatoms. The molecule has 0 aliphatic heterocycles. The van der Waals surface area contributed by atoms with Gasteiger partial charge in [0.1, 0.15) is 0 Å². The monoisotopic (exact) mass is 216 g/mol. The lowest BCUT2D eigenvalue weighted by Gasteiger charge is -2.30. The lowest BCUT2D eigenvalue weighted by atomic mass is 9.95. The number of rotatable bonds is 3. The minimum Gasteiger partial charge on any atom is -0.338 e. The van der Waals surface area contributed by atoms with Crippen molar-refractivity contribution in [2.75, 3.05) is 12.8 Å². The van der Waals surface area contributed by atoms with Gasteiger partial charge < -0.3 is 10.6 Å². The molecular weight excluding hydrogens is 196 g/mol. The van der Waals surface area contributed by atoms with Crippen LogP contribution in [-0.2, 0) is 0 Å². The van der Waals surface area contributed by atoms with Gasteiger partial charge in [-0.15, -0.1) is 0 Å². The molecule has 2 N–H and O–H groups in total. The highest BCUT2D eigenvalue weighted by molar-refractivity contribution is 7.99. The average Bonchev–Trinajstić information content (AvgIpc) is 2.19. The molecule has 0 aromatic rings. The van der Waals surface area contributed by atoms with Gasteiger partial charge in [-0.25, -0.2) is 4.79 Å². The average molecular weight is 216 g/mol. The third kappa shape index (κ3) is 3.40. The van der Waals surface area contributed by atoms with Crippen LogP contribution in [0, 0.1) is 0 Å². The largest absolute Gasteiger partial charge is 0.338 e. The van der Waals surface area contributed by atoms with Crippen LogP contribution in [0.25, 0.3) is 0 Å². The van der Waals surface area contributed by atoms with Gasteiger partial charge in [-0.05, 0) is 26.0 Å². The summed E-state index contributed by atoms with van der Waals surface area (Å²) >= 11 is 1.87. The van der Waals surface area contributed by atoms with Crippen LogP contribution >= 0.6 is 11.8 Å². The summed E-state index contributed by atoms with van der Waals surface area (Å²) in [6.45, 7) is 2.63. The summed E-state index contributed by atoms with van der Waals surface area (Å²) in [4.78, 5) is 11.3. The molecule has 1 fully saturated rings. The van der Waals surface area contributed by atoms with E-state index in [1.54, 1.807) is 0 Å². The van der Waals surface area contributed by atoms with Gasteiger partial charge in [-0.1, -0.05) is 12.8 Å². The van der Waals surface area contributed by atoms with Gasteiger partial charge in [0.25, 0.3) is 0 Å². The number of carbonyl (C=O) groups excluding carboxylic acids is 1. The van der Waals surface area contributed by atoms with Crippen molar-refractivity contribution < 1.29 is 4.79 Å². The molecule has 2 unspecified atom stereocenters. The molecule has 0 aromatic heterocycles. The maximum Gasteiger partial charge on any atom is 0.315 e. The third-order valence-corrected chi connectivity index (χ3v) is 3.83. The van der Waals surface area contributed by atoms with Crippen LogP contribution in [0.5, 0.6) is 0 Å². The fourth-order valence-electron chi connectivity index (χ4n) is 1.92. The number of hydrogen-bond acceptors (Lipinski definition) is 2. The maximum absolute atomic E-state index is 11.3. The van der Waals surface area contributed by atoms with Crippen molar-refractivity contribution in [1.82, 2.24) is 10.6 Å². The number of carbonyl (C=O) groups is 1. The van der Waals surface area contributed by atoms with Gasteiger partial charge in [-0.2, -0.15) is 11.8 Å². The molecule has 1 aliphatic rings. The molecule has 0 heterocycles.